The summed E-state index contributed by atoms with van der Waals surface area (Å²) in [6.45, 7) is 0. The van der Waals surface area contributed by atoms with E-state index in [1.807, 2.05) is 36.7 Å². The van der Waals surface area contributed by atoms with Gasteiger partial charge < -0.3 is 13.9 Å². The van der Waals surface area contributed by atoms with Crippen LogP contribution in [0.4, 0.5) is 0 Å². The number of methoxy groups -OCH3 is 2. The molecule has 0 atom stereocenters. The molecule has 1 aromatic carbocycles. The number of benzene rings is 1. The summed E-state index contributed by atoms with van der Waals surface area (Å²) < 4.78 is 12.6. The Kier molecular flexibility index (Phi) is 3.29. The zero-order valence-corrected chi connectivity index (χ0v) is 11.5. The Bertz CT molecular complexity index is 717. The van der Waals surface area contributed by atoms with Crippen LogP contribution >= 0.6 is 0 Å². The van der Waals surface area contributed by atoms with Crippen LogP contribution in [0.1, 0.15) is 11.4 Å². The van der Waals surface area contributed by atoms with Gasteiger partial charge in [0.1, 0.15) is 22.8 Å². The number of fused-ring (bicyclic) bond motifs is 1. The quantitative estimate of drug-likeness (QED) is 0.730. The van der Waals surface area contributed by atoms with Gasteiger partial charge in [0.25, 0.3) is 0 Å². The van der Waals surface area contributed by atoms with Crippen molar-refractivity contribution in [3.05, 3.63) is 60.2 Å². The lowest BCUT2D eigenvalue weighted by atomic mass is 10.1. The average molecular weight is 268 g/mol. The number of hydrogen-bond acceptors (Lipinski definition) is 3. The third-order valence-corrected chi connectivity index (χ3v) is 3.35. The van der Waals surface area contributed by atoms with Gasteiger partial charge in [0.05, 0.1) is 20.4 Å². The lowest BCUT2D eigenvalue weighted by Crippen LogP contribution is -1.97. The van der Waals surface area contributed by atoms with Gasteiger partial charge in [0.2, 0.25) is 0 Å². The van der Waals surface area contributed by atoms with Crippen LogP contribution in [0.5, 0.6) is 11.5 Å². The fraction of sp³-hybridized carbons (Fsp3) is 0.188. The maximum Gasteiger partial charge on any atom is 0.144 e. The lowest BCUT2D eigenvalue weighted by molar-refractivity contribution is 0.414. The van der Waals surface area contributed by atoms with Gasteiger partial charge in [0, 0.05) is 12.6 Å². The summed E-state index contributed by atoms with van der Waals surface area (Å²) >= 11 is 0. The van der Waals surface area contributed by atoms with E-state index in [1.54, 1.807) is 14.2 Å². The van der Waals surface area contributed by atoms with Gasteiger partial charge in [-0.3, -0.25) is 0 Å². The molecule has 102 valence electrons. The Morgan fingerprint density at radius 2 is 1.85 bits per heavy atom. The van der Waals surface area contributed by atoms with Gasteiger partial charge >= 0.3 is 0 Å². The van der Waals surface area contributed by atoms with E-state index in [4.69, 9.17) is 9.47 Å². The van der Waals surface area contributed by atoms with E-state index in [1.165, 1.54) is 5.56 Å². The van der Waals surface area contributed by atoms with E-state index in [2.05, 4.69) is 21.5 Å². The minimum absolute atomic E-state index is 0.769. The number of rotatable bonds is 4. The molecule has 0 N–H and O–H groups in total. The predicted octanol–water partition coefficient (Wildman–Crippen LogP) is 2.94. The van der Waals surface area contributed by atoms with Crippen molar-refractivity contribution in [2.24, 2.45) is 0 Å². The first-order chi connectivity index (χ1) is 9.81. The van der Waals surface area contributed by atoms with Crippen molar-refractivity contribution in [3.63, 3.8) is 0 Å². The molecular weight excluding hydrogens is 252 g/mol. The van der Waals surface area contributed by atoms with E-state index < -0.39 is 0 Å². The molecule has 3 rings (SSSR count). The largest absolute Gasteiger partial charge is 0.497 e. The highest BCUT2D eigenvalue weighted by molar-refractivity contribution is 5.59. The monoisotopic (exact) mass is 268 g/mol. The van der Waals surface area contributed by atoms with Crippen molar-refractivity contribution < 1.29 is 9.47 Å². The first-order valence-corrected chi connectivity index (χ1v) is 6.43. The molecule has 0 fully saturated rings. The zero-order chi connectivity index (χ0) is 13.9. The lowest BCUT2D eigenvalue weighted by Gasteiger charge is -2.05. The van der Waals surface area contributed by atoms with Crippen LogP contribution in [0.2, 0.25) is 0 Å². The van der Waals surface area contributed by atoms with E-state index in [0.29, 0.717) is 0 Å². The normalized spacial score (nSPS) is 10.7. The van der Waals surface area contributed by atoms with E-state index >= 15 is 0 Å². The average Bonchev–Trinajstić information content (AvgIpc) is 2.91. The molecule has 0 bridgehead atoms. The molecule has 3 aromatic rings. The van der Waals surface area contributed by atoms with E-state index in [-0.39, 0.29) is 0 Å². The summed E-state index contributed by atoms with van der Waals surface area (Å²) in [7, 11) is 3.34. The number of pyridine rings is 1. The van der Waals surface area contributed by atoms with E-state index in [0.717, 1.165) is 29.3 Å². The van der Waals surface area contributed by atoms with Crippen LogP contribution in [-0.2, 0) is 6.42 Å². The Balaban J connectivity index is 1.94. The maximum atomic E-state index is 5.34. The second-order valence-electron chi connectivity index (χ2n) is 4.53. The molecule has 4 heteroatoms. The van der Waals surface area contributed by atoms with E-state index in [9.17, 15) is 0 Å². The summed E-state index contributed by atoms with van der Waals surface area (Å²) in [5, 5.41) is 0. The van der Waals surface area contributed by atoms with Crippen molar-refractivity contribution in [2.75, 3.05) is 14.2 Å². The van der Waals surface area contributed by atoms with Gasteiger partial charge in [0.15, 0.2) is 0 Å². The summed E-state index contributed by atoms with van der Waals surface area (Å²) in [4.78, 5) is 4.49. The SMILES string of the molecule is COc1ccc(Cc2ncc3c(OC)cccn23)cc1. The van der Waals surface area contributed by atoms with Gasteiger partial charge in [-0.1, -0.05) is 12.1 Å². The number of nitrogens with zero attached hydrogens (tertiary/aromatic N) is 2. The van der Waals surface area contributed by atoms with Crippen LogP contribution in [0, 0.1) is 0 Å². The molecule has 0 amide bonds. The highest BCUT2D eigenvalue weighted by atomic mass is 16.5. The fourth-order valence-corrected chi connectivity index (χ4v) is 2.28. The Labute approximate surface area is 117 Å². The number of imidazole rings is 1. The Hall–Kier alpha value is -2.49. The van der Waals surface area contributed by atoms with Crippen LogP contribution in [0.15, 0.2) is 48.8 Å². The number of aromatic nitrogens is 2. The molecule has 0 saturated heterocycles. The standard InChI is InChI=1S/C16H16N2O2/c1-19-13-7-5-12(6-8-13)10-16-17-11-14-15(20-2)4-3-9-18(14)16/h3-9,11H,10H2,1-2H3. The Morgan fingerprint density at radius 1 is 1.05 bits per heavy atom. The van der Waals surface area contributed by atoms with Crippen molar-refractivity contribution in [1.29, 1.82) is 0 Å². The highest BCUT2D eigenvalue weighted by Crippen LogP contribution is 2.21. The van der Waals surface area contributed by atoms with Crippen molar-refractivity contribution >= 4 is 5.52 Å². The molecule has 2 aromatic heterocycles. The first kappa shape index (κ1) is 12.5. The topological polar surface area (TPSA) is 35.8 Å². The van der Waals surface area contributed by atoms with Crippen LogP contribution in [-0.4, -0.2) is 23.6 Å². The van der Waals surface area contributed by atoms with Crippen LogP contribution < -0.4 is 9.47 Å². The first-order valence-electron chi connectivity index (χ1n) is 6.43. The number of ether oxygens (including phenoxy) is 2. The minimum Gasteiger partial charge on any atom is -0.497 e. The summed E-state index contributed by atoms with van der Waals surface area (Å²) in [5.41, 5.74) is 2.18. The molecule has 0 aliphatic heterocycles. The second-order valence-corrected chi connectivity index (χ2v) is 4.53. The molecule has 0 aliphatic rings. The minimum atomic E-state index is 0.769. The molecule has 0 unspecified atom stereocenters. The molecular formula is C16H16N2O2. The van der Waals surface area contributed by atoms with Gasteiger partial charge in [-0.25, -0.2) is 4.98 Å². The summed E-state index contributed by atoms with van der Waals surface area (Å²) in [6, 6.07) is 11.9. The van der Waals surface area contributed by atoms with Gasteiger partial charge in [-0.2, -0.15) is 0 Å². The third-order valence-electron chi connectivity index (χ3n) is 3.35. The maximum absolute atomic E-state index is 5.34. The van der Waals surface area contributed by atoms with Gasteiger partial charge in [-0.05, 0) is 29.8 Å². The molecule has 20 heavy (non-hydrogen) atoms. The number of hydrogen-bond donors (Lipinski definition) is 0. The molecule has 2 heterocycles. The predicted molar refractivity (Wildman–Crippen MR) is 77.5 cm³/mol. The third kappa shape index (κ3) is 2.20. The molecule has 0 saturated carbocycles. The van der Waals surface area contributed by atoms with Crippen LogP contribution in [0.25, 0.3) is 5.52 Å². The molecule has 0 aliphatic carbocycles. The van der Waals surface area contributed by atoms with Crippen molar-refractivity contribution in [2.45, 2.75) is 6.42 Å². The zero-order valence-electron chi connectivity index (χ0n) is 11.5. The summed E-state index contributed by atoms with van der Waals surface area (Å²) in [5.74, 6) is 2.69. The van der Waals surface area contributed by atoms with Crippen LogP contribution in [0.3, 0.4) is 0 Å². The Morgan fingerprint density at radius 3 is 2.55 bits per heavy atom. The smallest absolute Gasteiger partial charge is 0.144 e. The molecule has 0 radical (unpaired) electrons. The van der Waals surface area contributed by atoms with Crippen molar-refractivity contribution in [3.8, 4) is 11.5 Å². The molecule has 0 spiro atoms. The summed E-state index contributed by atoms with van der Waals surface area (Å²) in [6.07, 6.45) is 4.62. The highest BCUT2D eigenvalue weighted by Gasteiger charge is 2.08. The fourth-order valence-electron chi connectivity index (χ4n) is 2.28. The van der Waals surface area contributed by atoms with Crippen molar-refractivity contribution in [1.82, 2.24) is 9.38 Å². The second kappa shape index (κ2) is 5.25. The molecule has 4 nitrogen and oxygen atoms in total. The van der Waals surface area contributed by atoms with Gasteiger partial charge in [-0.15, -0.1) is 0 Å².